The van der Waals surface area contributed by atoms with Gasteiger partial charge in [-0.05, 0) is 36.8 Å². The molecular formula is C18H18FNO3. The first kappa shape index (κ1) is 16.7. The molecule has 0 saturated heterocycles. The average Bonchev–Trinajstić information content (AvgIpc) is 2.56. The van der Waals surface area contributed by atoms with Crippen LogP contribution in [0.2, 0.25) is 0 Å². The van der Waals surface area contributed by atoms with E-state index in [2.05, 4.69) is 0 Å². The number of esters is 1. The number of carbonyl (C=O) groups excluding carboxylic acids is 2. The molecule has 0 aromatic heterocycles. The maximum atomic E-state index is 12.9. The highest BCUT2D eigenvalue weighted by Gasteiger charge is 2.20. The zero-order valence-electron chi connectivity index (χ0n) is 12.9. The van der Waals surface area contributed by atoms with E-state index in [4.69, 9.17) is 4.74 Å². The fraction of sp³-hybridized carbons (Fsp3) is 0.222. The lowest BCUT2D eigenvalue weighted by atomic mass is 10.1. The van der Waals surface area contributed by atoms with Crippen molar-refractivity contribution in [3.63, 3.8) is 0 Å². The molecule has 2 aromatic carbocycles. The molecule has 23 heavy (non-hydrogen) atoms. The van der Waals surface area contributed by atoms with Crippen LogP contribution in [-0.2, 0) is 20.7 Å². The van der Waals surface area contributed by atoms with E-state index < -0.39 is 5.97 Å². The molecule has 120 valence electrons. The minimum Gasteiger partial charge on any atom is -0.465 e. The van der Waals surface area contributed by atoms with Crippen LogP contribution in [0.1, 0.15) is 12.5 Å². The van der Waals surface area contributed by atoms with Crippen LogP contribution in [0.5, 0.6) is 0 Å². The van der Waals surface area contributed by atoms with Gasteiger partial charge in [0.1, 0.15) is 12.4 Å². The zero-order valence-corrected chi connectivity index (χ0v) is 12.9. The standard InChI is InChI=1S/C18H18FNO3/c1-2-23-18(22)13-20(16-6-4-3-5-7-16)17(21)12-14-8-10-15(19)11-9-14/h3-11H,2,12-13H2,1H3. The van der Waals surface area contributed by atoms with Crippen molar-refractivity contribution in [3.05, 3.63) is 66.0 Å². The van der Waals surface area contributed by atoms with Gasteiger partial charge in [-0.15, -0.1) is 0 Å². The van der Waals surface area contributed by atoms with Gasteiger partial charge in [-0.1, -0.05) is 30.3 Å². The second kappa shape index (κ2) is 8.08. The third kappa shape index (κ3) is 4.92. The number of para-hydroxylation sites is 1. The Balaban J connectivity index is 2.16. The zero-order chi connectivity index (χ0) is 16.7. The van der Waals surface area contributed by atoms with Crippen LogP contribution < -0.4 is 4.90 Å². The molecule has 2 rings (SSSR count). The van der Waals surface area contributed by atoms with Crippen molar-refractivity contribution in [2.75, 3.05) is 18.1 Å². The van der Waals surface area contributed by atoms with Gasteiger partial charge in [0, 0.05) is 5.69 Å². The van der Waals surface area contributed by atoms with Gasteiger partial charge in [0.05, 0.1) is 13.0 Å². The van der Waals surface area contributed by atoms with Crippen LogP contribution in [0.25, 0.3) is 0 Å². The van der Waals surface area contributed by atoms with Crippen molar-refractivity contribution in [2.45, 2.75) is 13.3 Å². The van der Waals surface area contributed by atoms with Crippen LogP contribution in [0.3, 0.4) is 0 Å². The molecule has 0 N–H and O–H groups in total. The normalized spacial score (nSPS) is 10.2. The summed E-state index contributed by atoms with van der Waals surface area (Å²) < 4.78 is 17.9. The first-order valence-corrected chi connectivity index (χ1v) is 7.35. The second-order valence-electron chi connectivity index (χ2n) is 4.92. The van der Waals surface area contributed by atoms with Gasteiger partial charge in [0.2, 0.25) is 5.91 Å². The maximum Gasteiger partial charge on any atom is 0.326 e. The summed E-state index contributed by atoms with van der Waals surface area (Å²) in [5.41, 5.74) is 1.30. The molecule has 0 heterocycles. The molecule has 0 aliphatic carbocycles. The summed E-state index contributed by atoms with van der Waals surface area (Å²) in [6, 6.07) is 14.6. The van der Waals surface area contributed by atoms with Gasteiger partial charge in [-0.3, -0.25) is 9.59 Å². The summed E-state index contributed by atoms with van der Waals surface area (Å²) in [7, 11) is 0. The summed E-state index contributed by atoms with van der Waals surface area (Å²) in [6.45, 7) is 1.82. The van der Waals surface area contributed by atoms with Crippen LogP contribution in [-0.4, -0.2) is 25.0 Å². The summed E-state index contributed by atoms with van der Waals surface area (Å²) >= 11 is 0. The molecular weight excluding hydrogens is 297 g/mol. The molecule has 4 nitrogen and oxygen atoms in total. The summed E-state index contributed by atoms with van der Waals surface area (Å²) in [5, 5.41) is 0. The molecule has 0 aliphatic rings. The number of benzene rings is 2. The highest BCUT2D eigenvalue weighted by molar-refractivity contribution is 5.98. The molecule has 0 radical (unpaired) electrons. The number of nitrogens with zero attached hydrogens (tertiary/aromatic N) is 1. The molecule has 0 aliphatic heterocycles. The molecule has 0 unspecified atom stereocenters. The fourth-order valence-corrected chi connectivity index (χ4v) is 2.14. The lowest BCUT2D eigenvalue weighted by molar-refractivity contribution is -0.142. The van der Waals surface area contributed by atoms with E-state index in [9.17, 15) is 14.0 Å². The Labute approximate surface area is 134 Å². The smallest absolute Gasteiger partial charge is 0.326 e. The van der Waals surface area contributed by atoms with E-state index >= 15 is 0 Å². The van der Waals surface area contributed by atoms with Crippen molar-refractivity contribution < 1.29 is 18.7 Å². The number of hydrogen-bond acceptors (Lipinski definition) is 3. The van der Waals surface area contributed by atoms with E-state index in [1.54, 1.807) is 43.3 Å². The monoisotopic (exact) mass is 315 g/mol. The van der Waals surface area contributed by atoms with Gasteiger partial charge >= 0.3 is 5.97 Å². The SMILES string of the molecule is CCOC(=O)CN(C(=O)Cc1ccc(F)cc1)c1ccccc1. The summed E-state index contributed by atoms with van der Waals surface area (Å²) in [6.07, 6.45) is 0.0780. The van der Waals surface area contributed by atoms with Crippen LogP contribution in [0.4, 0.5) is 10.1 Å². The fourth-order valence-electron chi connectivity index (χ4n) is 2.14. The lowest BCUT2D eigenvalue weighted by Gasteiger charge is -2.22. The number of carbonyl (C=O) groups is 2. The Bertz CT molecular complexity index is 656. The largest absolute Gasteiger partial charge is 0.465 e. The van der Waals surface area contributed by atoms with Gasteiger partial charge < -0.3 is 9.64 Å². The number of hydrogen-bond donors (Lipinski definition) is 0. The first-order valence-electron chi connectivity index (χ1n) is 7.35. The van der Waals surface area contributed by atoms with Crippen molar-refractivity contribution in [1.29, 1.82) is 0 Å². The van der Waals surface area contributed by atoms with Crippen molar-refractivity contribution in [1.82, 2.24) is 0 Å². The highest BCUT2D eigenvalue weighted by Crippen LogP contribution is 2.15. The Kier molecular flexibility index (Phi) is 5.86. The molecule has 0 spiro atoms. The third-order valence-electron chi connectivity index (χ3n) is 3.23. The average molecular weight is 315 g/mol. The summed E-state index contributed by atoms with van der Waals surface area (Å²) in [5.74, 6) is -1.08. The minimum absolute atomic E-state index is 0.0780. The molecule has 2 aromatic rings. The summed E-state index contributed by atoms with van der Waals surface area (Å²) in [4.78, 5) is 25.7. The number of amides is 1. The van der Waals surface area contributed by atoms with E-state index in [0.717, 1.165) is 0 Å². The van der Waals surface area contributed by atoms with Crippen molar-refractivity contribution >= 4 is 17.6 Å². The predicted molar refractivity (Wildman–Crippen MR) is 85.5 cm³/mol. The Hall–Kier alpha value is -2.69. The van der Waals surface area contributed by atoms with Crippen molar-refractivity contribution in [3.8, 4) is 0 Å². The minimum atomic E-state index is -0.469. The third-order valence-corrected chi connectivity index (χ3v) is 3.23. The lowest BCUT2D eigenvalue weighted by Crippen LogP contribution is -2.37. The van der Waals surface area contributed by atoms with Gasteiger partial charge in [-0.2, -0.15) is 0 Å². The maximum absolute atomic E-state index is 12.9. The van der Waals surface area contributed by atoms with Crippen LogP contribution in [0.15, 0.2) is 54.6 Å². The van der Waals surface area contributed by atoms with Crippen molar-refractivity contribution in [2.24, 2.45) is 0 Å². The molecule has 0 atom stereocenters. The molecule has 5 heteroatoms. The second-order valence-corrected chi connectivity index (χ2v) is 4.92. The van der Waals surface area contributed by atoms with Crippen LogP contribution >= 0.6 is 0 Å². The predicted octanol–water partition coefficient (Wildman–Crippen LogP) is 2.96. The number of rotatable bonds is 6. The number of ether oxygens (including phenoxy) is 1. The molecule has 0 saturated carbocycles. The highest BCUT2D eigenvalue weighted by atomic mass is 19.1. The number of halogens is 1. The molecule has 0 fully saturated rings. The Morgan fingerprint density at radius 2 is 1.70 bits per heavy atom. The number of anilines is 1. The molecule has 0 bridgehead atoms. The van der Waals surface area contributed by atoms with E-state index in [1.165, 1.54) is 17.0 Å². The Morgan fingerprint density at radius 3 is 2.30 bits per heavy atom. The van der Waals surface area contributed by atoms with E-state index in [0.29, 0.717) is 11.3 Å². The van der Waals surface area contributed by atoms with Gasteiger partial charge in [-0.25, -0.2) is 4.39 Å². The first-order chi connectivity index (χ1) is 11.1. The topological polar surface area (TPSA) is 46.6 Å². The van der Waals surface area contributed by atoms with Gasteiger partial charge in [0.25, 0.3) is 0 Å². The Morgan fingerprint density at radius 1 is 1.04 bits per heavy atom. The quantitative estimate of drug-likeness (QED) is 0.770. The molecule has 1 amide bonds. The van der Waals surface area contributed by atoms with E-state index in [1.807, 2.05) is 6.07 Å². The van der Waals surface area contributed by atoms with E-state index in [-0.39, 0.29) is 31.3 Å². The van der Waals surface area contributed by atoms with Gasteiger partial charge in [0.15, 0.2) is 0 Å². The van der Waals surface area contributed by atoms with Crippen LogP contribution in [0, 0.1) is 5.82 Å².